The van der Waals surface area contributed by atoms with Gasteiger partial charge in [0.25, 0.3) is 0 Å². The van der Waals surface area contributed by atoms with Gasteiger partial charge in [-0.05, 0) is 26.3 Å². The van der Waals surface area contributed by atoms with E-state index in [4.69, 9.17) is 4.52 Å². The molecule has 3 N–H and O–H groups in total. The molecule has 0 bridgehead atoms. The fourth-order valence-electron chi connectivity index (χ4n) is 2.55. The number of amides is 1. The average molecular weight is 395 g/mol. The van der Waals surface area contributed by atoms with Crippen molar-refractivity contribution in [2.24, 2.45) is 0 Å². The smallest absolute Gasteiger partial charge is 0.326 e. The Bertz CT molecular complexity index is 904. The highest BCUT2D eigenvalue weighted by Crippen LogP contribution is 2.18. The molecule has 9 nitrogen and oxygen atoms in total. The molecular formula is C17H21N3O6S. The van der Waals surface area contributed by atoms with Gasteiger partial charge in [-0.25, -0.2) is 13.2 Å². The van der Waals surface area contributed by atoms with Crippen LogP contribution in [0.25, 0.3) is 0 Å². The molecule has 0 aliphatic heterocycles. The molecule has 1 aromatic carbocycles. The second-order valence-electron chi connectivity index (χ2n) is 6.09. The number of carboxylic acid groups (broad SMARTS) is 1. The number of rotatable bonds is 8. The molecule has 2 atom stereocenters. The van der Waals surface area contributed by atoms with E-state index in [-0.39, 0.29) is 22.8 Å². The number of aromatic nitrogens is 1. The van der Waals surface area contributed by atoms with Crippen molar-refractivity contribution in [3.63, 3.8) is 0 Å². The van der Waals surface area contributed by atoms with E-state index in [1.54, 1.807) is 30.3 Å². The van der Waals surface area contributed by atoms with Gasteiger partial charge in [0.15, 0.2) is 5.76 Å². The molecule has 27 heavy (non-hydrogen) atoms. The lowest BCUT2D eigenvalue weighted by Crippen LogP contribution is -2.51. The predicted molar refractivity (Wildman–Crippen MR) is 95.5 cm³/mol. The van der Waals surface area contributed by atoms with E-state index in [0.717, 1.165) is 5.56 Å². The zero-order valence-corrected chi connectivity index (χ0v) is 15.9. The monoisotopic (exact) mass is 395 g/mol. The quantitative estimate of drug-likeness (QED) is 0.600. The summed E-state index contributed by atoms with van der Waals surface area (Å²) >= 11 is 0. The lowest BCUT2D eigenvalue weighted by atomic mass is 10.1. The van der Waals surface area contributed by atoms with Crippen molar-refractivity contribution >= 4 is 21.9 Å². The predicted octanol–water partition coefficient (Wildman–Crippen LogP) is 0.770. The minimum Gasteiger partial charge on any atom is -0.480 e. The maximum Gasteiger partial charge on any atom is 0.326 e. The van der Waals surface area contributed by atoms with E-state index in [1.807, 2.05) is 0 Å². The first-order chi connectivity index (χ1) is 12.6. The van der Waals surface area contributed by atoms with Gasteiger partial charge in [-0.2, -0.15) is 4.72 Å². The van der Waals surface area contributed by atoms with Crippen LogP contribution < -0.4 is 10.0 Å². The van der Waals surface area contributed by atoms with Gasteiger partial charge in [0.05, 0.1) is 6.04 Å². The molecule has 0 spiro atoms. The summed E-state index contributed by atoms with van der Waals surface area (Å²) in [5.74, 6) is -1.87. The van der Waals surface area contributed by atoms with Crippen molar-refractivity contribution in [3.8, 4) is 0 Å². The lowest BCUT2D eigenvalue weighted by molar-refractivity contribution is -0.141. The zero-order valence-electron chi connectivity index (χ0n) is 15.1. The molecule has 2 rings (SSSR count). The fourth-order valence-corrected chi connectivity index (χ4v) is 4.08. The largest absolute Gasteiger partial charge is 0.480 e. The number of aryl methyl sites for hydroxylation is 2. The summed E-state index contributed by atoms with van der Waals surface area (Å²) in [6, 6.07) is 6.42. The van der Waals surface area contributed by atoms with Crippen LogP contribution in [-0.4, -0.2) is 42.6 Å². The Labute approximate surface area is 156 Å². The first kappa shape index (κ1) is 20.6. The Morgan fingerprint density at radius 1 is 1.22 bits per heavy atom. The SMILES string of the molecule is Cc1noc(C)c1S(=O)(=O)NC(C)C(=O)N[C@@H](Cc1ccccc1)C(=O)O. The van der Waals surface area contributed by atoms with Gasteiger partial charge in [0.1, 0.15) is 16.6 Å². The molecule has 1 aromatic heterocycles. The summed E-state index contributed by atoms with van der Waals surface area (Å²) in [7, 11) is -4.05. The fraction of sp³-hybridized carbons (Fsp3) is 0.353. The number of nitrogens with zero attached hydrogens (tertiary/aromatic N) is 1. The normalized spacial score (nSPS) is 13.7. The van der Waals surface area contributed by atoms with Gasteiger partial charge in [-0.1, -0.05) is 35.5 Å². The molecule has 0 fully saturated rings. The van der Waals surface area contributed by atoms with E-state index < -0.39 is 34.0 Å². The van der Waals surface area contributed by atoms with Gasteiger partial charge in [0.2, 0.25) is 15.9 Å². The molecule has 10 heteroatoms. The topological polar surface area (TPSA) is 139 Å². The van der Waals surface area contributed by atoms with Gasteiger partial charge >= 0.3 is 5.97 Å². The standard InChI is InChI=1S/C17H21N3O6S/c1-10-15(12(3)26-19-10)27(24,25)20-11(2)16(21)18-14(17(22)23)9-13-7-5-4-6-8-13/h4-8,11,14,20H,9H2,1-3H3,(H,18,21)(H,22,23)/t11?,14-/m0/s1. The van der Waals surface area contributed by atoms with E-state index in [1.165, 1.54) is 20.8 Å². The highest BCUT2D eigenvalue weighted by atomic mass is 32.2. The number of carbonyl (C=O) groups excluding carboxylic acids is 1. The van der Waals surface area contributed by atoms with Gasteiger partial charge in [-0.15, -0.1) is 0 Å². The molecule has 1 heterocycles. The minimum atomic E-state index is -4.05. The van der Waals surface area contributed by atoms with E-state index >= 15 is 0 Å². The number of aliphatic carboxylic acids is 1. The van der Waals surface area contributed by atoms with Gasteiger partial charge < -0.3 is 14.9 Å². The lowest BCUT2D eigenvalue weighted by Gasteiger charge is -2.19. The summed E-state index contributed by atoms with van der Waals surface area (Å²) in [5, 5.41) is 15.3. The van der Waals surface area contributed by atoms with Crippen molar-refractivity contribution < 1.29 is 27.6 Å². The molecule has 0 saturated heterocycles. The van der Waals surface area contributed by atoms with Gasteiger partial charge in [-0.3, -0.25) is 4.79 Å². The number of sulfonamides is 1. The molecule has 0 saturated carbocycles. The first-order valence-electron chi connectivity index (χ1n) is 8.14. The number of benzene rings is 1. The summed E-state index contributed by atoms with van der Waals surface area (Å²) in [6.07, 6.45) is 0.0747. The molecule has 2 aromatic rings. The number of hydrogen-bond donors (Lipinski definition) is 3. The molecular weight excluding hydrogens is 374 g/mol. The van der Waals surface area contributed by atoms with E-state index in [0.29, 0.717) is 0 Å². The highest BCUT2D eigenvalue weighted by Gasteiger charge is 2.30. The number of carbonyl (C=O) groups is 2. The van der Waals surface area contributed by atoms with E-state index in [2.05, 4.69) is 15.2 Å². The Balaban J connectivity index is 2.08. The number of hydrogen-bond acceptors (Lipinski definition) is 6. The van der Waals surface area contributed by atoms with Crippen molar-refractivity contribution in [2.45, 2.75) is 44.2 Å². The van der Waals surface area contributed by atoms with Gasteiger partial charge in [0, 0.05) is 6.42 Å². The Morgan fingerprint density at radius 3 is 2.37 bits per heavy atom. The zero-order chi connectivity index (χ0) is 20.2. The summed E-state index contributed by atoms with van der Waals surface area (Å²) in [6.45, 7) is 4.24. The summed E-state index contributed by atoms with van der Waals surface area (Å²) in [5.41, 5.74) is 0.897. The van der Waals surface area contributed by atoms with Crippen LogP contribution in [-0.2, 0) is 26.0 Å². The van der Waals surface area contributed by atoms with Crippen LogP contribution in [0.4, 0.5) is 0 Å². The third-order valence-corrected chi connectivity index (χ3v) is 5.64. The second-order valence-corrected chi connectivity index (χ2v) is 7.74. The third-order valence-electron chi connectivity index (χ3n) is 3.86. The maximum atomic E-state index is 12.5. The molecule has 1 amide bonds. The molecule has 146 valence electrons. The minimum absolute atomic E-state index is 0.0747. The number of nitrogens with one attached hydrogen (secondary N) is 2. The molecule has 0 aliphatic carbocycles. The van der Waals surface area contributed by atoms with Crippen LogP contribution in [0.3, 0.4) is 0 Å². The Morgan fingerprint density at radius 2 is 1.85 bits per heavy atom. The van der Waals surface area contributed by atoms with Crippen LogP contribution in [0, 0.1) is 13.8 Å². The summed E-state index contributed by atoms with van der Waals surface area (Å²) < 4.78 is 32.0. The maximum absolute atomic E-state index is 12.5. The van der Waals surface area contributed by atoms with Crippen LogP contribution in [0.1, 0.15) is 23.9 Å². The van der Waals surface area contributed by atoms with Crippen LogP contribution in [0.2, 0.25) is 0 Å². The van der Waals surface area contributed by atoms with Crippen molar-refractivity contribution in [1.82, 2.24) is 15.2 Å². The van der Waals surface area contributed by atoms with Crippen LogP contribution >= 0.6 is 0 Å². The first-order valence-corrected chi connectivity index (χ1v) is 9.62. The van der Waals surface area contributed by atoms with Crippen molar-refractivity contribution in [1.29, 1.82) is 0 Å². The molecule has 0 aliphatic rings. The van der Waals surface area contributed by atoms with Crippen molar-refractivity contribution in [3.05, 3.63) is 47.3 Å². The van der Waals surface area contributed by atoms with Crippen LogP contribution in [0.5, 0.6) is 0 Å². The third kappa shape index (κ3) is 5.14. The summed E-state index contributed by atoms with van der Waals surface area (Å²) in [4.78, 5) is 23.6. The highest BCUT2D eigenvalue weighted by molar-refractivity contribution is 7.89. The van der Waals surface area contributed by atoms with E-state index in [9.17, 15) is 23.1 Å². The number of carboxylic acids is 1. The molecule has 0 radical (unpaired) electrons. The van der Waals surface area contributed by atoms with Crippen molar-refractivity contribution in [2.75, 3.05) is 0 Å². The Kier molecular flexibility index (Phi) is 6.34. The average Bonchev–Trinajstić information content (AvgIpc) is 2.94. The molecule has 1 unspecified atom stereocenters. The second kappa shape index (κ2) is 8.31. The Hall–Kier alpha value is -2.72. The van der Waals surface area contributed by atoms with Crippen LogP contribution in [0.15, 0.2) is 39.8 Å².